The molecule has 0 saturated heterocycles. The highest BCUT2D eigenvalue weighted by molar-refractivity contribution is 8.05. The van der Waals surface area contributed by atoms with Crippen LogP contribution in [0.15, 0.2) is 28.2 Å². The topological polar surface area (TPSA) is 0 Å². The third-order valence-electron chi connectivity index (χ3n) is 1.34. The Balaban J connectivity index is 2.35. The molecular formula is C7H4ClS. The minimum atomic E-state index is 0.470. The number of rotatable bonds is 0. The average Bonchev–Trinajstić information content (AvgIpc) is 2.22. The van der Waals surface area contributed by atoms with Crippen LogP contribution in [0.3, 0.4) is 0 Å². The van der Waals surface area contributed by atoms with Crippen molar-refractivity contribution < 1.29 is 0 Å². The van der Waals surface area contributed by atoms with Crippen LogP contribution in [0.2, 0.25) is 0 Å². The fraction of sp³-hybridized carbons (Fsp3) is 0.143. The van der Waals surface area contributed by atoms with Gasteiger partial charge in [-0.25, -0.2) is 0 Å². The molecule has 1 radical (unpaired) electrons. The van der Waals surface area contributed by atoms with Crippen molar-refractivity contribution in [3.05, 3.63) is 34.2 Å². The molecule has 1 atom stereocenters. The van der Waals surface area contributed by atoms with Crippen molar-refractivity contribution in [3.63, 3.8) is 0 Å². The van der Waals surface area contributed by atoms with Crippen LogP contribution in [0.25, 0.3) is 0 Å². The summed E-state index contributed by atoms with van der Waals surface area (Å²) in [5.41, 5.74) is 1.21. The quantitative estimate of drug-likeness (QED) is 0.518. The van der Waals surface area contributed by atoms with Crippen LogP contribution < -0.4 is 0 Å². The van der Waals surface area contributed by atoms with E-state index >= 15 is 0 Å². The lowest BCUT2D eigenvalue weighted by Crippen LogP contribution is -1.89. The Kier molecular flexibility index (Phi) is 1.20. The number of allylic oxidation sites excluding steroid dienone is 3. The molecule has 0 aromatic carbocycles. The molecule has 2 rings (SSSR count). The van der Waals surface area contributed by atoms with Gasteiger partial charge in [0.1, 0.15) is 0 Å². The van der Waals surface area contributed by atoms with Gasteiger partial charge in [0.25, 0.3) is 0 Å². The zero-order valence-electron chi connectivity index (χ0n) is 4.60. The summed E-state index contributed by atoms with van der Waals surface area (Å²) in [4.78, 5) is 0. The van der Waals surface area contributed by atoms with Gasteiger partial charge in [-0.15, -0.1) is 11.8 Å². The predicted molar refractivity (Wildman–Crippen MR) is 41.2 cm³/mol. The second-order valence-corrected chi connectivity index (χ2v) is 3.70. The van der Waals surface area contributed by atoms with Crippen LogP contribution in [0, 0.1) is 6.08 Å². The van der Waals surface area contributed by atoms with Gasteiger partial charge in [-0.2, -0.15) is 0 Å². The molecule has 2 heteroatoms. The summed E-state index contributed by atoms with van der Waals surface area (Å²) in [7, 11) is 0. The van der Waals surface area contributed by atoms with Gasteiger partial charge in [-0.05, 0) is 5.57 Å². The van der Waals surface area contributed by atoms with Crippen LogP contribution in [0.1, 0.15) is 0 Å². The molecule has 2 aliphatic rings. The molecule has 0 nitrogen and oxygen atoms in total. The first kappa shape index (κ1) is 5.63. The van der Waals surface area contributed by atoms with Gasteiger partial charge in [0.05, 0.1) is 9.61 Å². The molecule has 0 saturated carbocycles. The monoisotopic (exact) mass is 155 g/mol. The lowest BCUT2D eigenvalue weighted by atomic mass is 10.2. The van der Waals surface area contributed by atoms with Gasteiger partial charge >= 0.3 is 0 Å². The molecule has 9 heavy (non-hydrogen) atoms. The minimum absolute atomic E-state index is 0.470. The van der Waals surface area contributed by atoms with E-state index < -0.39 is 0 Å². The molecule has 0 fully saturated rings. The van der Waals surface area contributed by atoms with E-state index in [1.165, 1.54) is 5.57 Å². The Hall–Kier alpha value is -0.140. The highest BCUT2D eigenvalue weighted by Crippen LogP contribution is 2.40. The van der Waals surface area contributed by atoms with E-state index in [1.54, 1.807) is 11.8 Å². The normalized spacial score (nSPS) is 30.1. The second kappa shape index (κ2) is 1.93. The standard InChI is InChI=1S/C7H4ClS/c8-7-4-5-2-1-3-6(5)9-7/h1-3,6H. The number of hydrogen-bond acceptors (Lipinski definition) is 1. The second-order valence-electron chi connectivity index (χ2n) is 1.94. The molecule has 0 aromatic heterocycles. The van der Waals surface area contributed by atoms with Crippen molar-refractivity contribution >= 4 is 23.4 Å². The van der Waals surface area contributed by atoms with E-state index in [-0.39, 0.29) is 0 Å². The summed E-state index contributed by atoms with van der Waals surface area (Å²) in [5, 5.41) is 0.470. The SMILES string of the molecule is ClC1=[C]C2=CC=CC2S1. The summed E-state index contributed by atoms with van der Waals surface area (Å²) in [6, 6.07) is 0. The van der Waals surface area contributed by atoms with Crippen molar-refractivity contribution in [1.29, 1.82) is 0 Å². The summed E-state index contributed by atoms with van der Waals surface area (Å²) >= 11 is 7.36. The van der Waals surface area contributed by atoms with Crippen molar-refractivity contribution in [3.8, 4) is 0 Å². The fourth-order valence-corrected chi connectivity index (χ4v) is 2.16. The van der Waals surface area contributed by atoms with E-state index in [0.29, 0.717) is 5.25 Å². The van der Waals surface area contributed by atoms with Crippen LogP contribution in [0.4, 0.5) is 0 Å². The summed E-state index contributed by atoms with van der Waals surface area (Å²) in [6.45, 7) is 0. The van der Waals surface area contributed by atoms with Crippen LogP contribution in [-0.4, -0.2) is 5.25 Å². The van der Waals surface area contributed by atoms with E-state index in [0.717, 1.165) is 4.36 Å². The molecule has 0 bridgehead atoms. The van der Waals surface area contributed by atoms with E-state index in [1.807, 2.05) is 12.2 Å². The highest BCUT2D eigenvalue weighted by atomic mass is 35.5. The van der Waals surface area contributed by atoms with Gasteiger partial charge in [0.2, 0.25) is 0 Å². The number of hydrogen-bond donors (Lipinski definition) is 0. The molecule has 1 unspecified atom stereocenters. The molecule has 1 aliphatic heterocycles. The molecule has 0 N–H and O–H groups in total. The highest BCUT2D eigenvalue weighted by Gasteiger charge is 2.21. The smallest absolute Gasteiger partial charge is 0.0826 e. The number of thioether (sulfide) groups is 1. The maximum Gasteiger partial charge on any atom is 0.0826 e. The Morgan fingerprint density at radius 1 is 1.67 bits per heavy atom. The van der Waals surface area contributed by atoms with Gasteiger partial charge in [-0.3, -0.25) is 0 Å². The van der Waals surface area contributed by atoms with Crippen LogP contribution in [-0.2, 0) is 0 Å². The van der Waals surface area contributed by atoms with Gasteiger partial charge < -0.3 is 0 Å². The molecule has 45 valence electrons. The molecule has 0 amide bonds. The molecule has 1 heterocycles. The maximum atomic E-state index is 5.71. The number of fused-ring (bicyclic) bond motifs is 1. The molecule has 0 aromatic rings. The Labute approximate surface area is 63.3 Å². The predicted octanol–water partition coefficient (Wildman–Crippen LogP) is 2.48. The van der Waals surface area contributed by atoms with E-state index in [2.05, 4.69) is 12.2 Å². The lowest BCUT2D eigenvalue weighted by Gasteiger charge is -1.96. The van der Waals surface area contributed by atoms with E-state index in [4.69, 9.17) is 11.6 Å². The van der Waals surface area contributed by atoms with Gasteiger partial charge in [0, 0.05) is 6.08 Å². The minimum Gasteiger partial charge on any atom is -0.101 e. The zero-order valence-corrected chi connectivity index (χ0v) is 6.17. The maximum absolute atomic E-state index is 5.71. The Bertz CT molecular complexity index is 222. The lowest BCUT2D eigenvalue weighted by molar-refractivity contribution is 1.37. The zero-order chi connectivity index (χ0) is 6.27. The first-order chi connectivity index (χ1) is 4.36. The molecule has 0 spiro atoms. The summed E-state index contributed by atoms with van der Waals surface area (Å²) in [6.07, 6.45) is 9.28. The molecular weight excluding hydrogens is 152 g/mol. The summed E-state index contributed by atoms with van der Waals surface area (Å²) in [5.74, 6) is 0. The van der Waals surface area contributed by atoms with Gasteiger partial charge in [-0.1, -0.05) is 29.8 Å². The third kappa shape index (κ3) is 0.846. The Morgan fingerprint density at radius 2 is 2.56 bits per heavy atom. The van der Waals surface area contributed by atoms with Crippen molar-refractivity contribution in [2.75, 3.05) is 0 Å². The van der Waals surface area contributed by atoms with Crippen LogP contribution >= 0.6 is 23.4 Å². The fourth-order valence-electron chi connectivity index (χ4n) is 0.929. The van der Waals surface area contributed by atoms with Crippen molar-refractivity contribution in [2.24, 2.45) is 0 Å². The summed E-state index contributed by atoms with van der Waals surface area (Å²) < 4.78 is 0.788. The largest absolute Gasteiger partial charge is 0.101 e. The number of halogens is 1. The van der Waals surface area contributed by atoms with Crippen molar-refractivity contribution in [1.82, 2.24) is 0 Å². The first-order valence-electron chi connectivity index (χ1n) is 2.71. The van der Waals surface area contributed by atoms with Gasteiger partial charge in [0.15, 0.2) is 0 Å². The van der Waals surface area contributed by atoms with Crippen LogP contribution in [0.5, 0.6) is 0 Å². The third-order valence-corrected chi connectivity index (χ3v) is 2.68. The van der Waals surface area contributed by atoms with E-state index in [9.17, 15) is 0 Å². The average molecular weight is 156 g/mol. The first-order valence-corrected chi connectivity index (χ1v) is 3.96. The Morgan fingerprint density at radius 3 is 3.33 bits per heavy atom. The molecule has 1 aliphatic carbocycles. The van der Waals surface area contributed by atoms with Crippen molar-refractivity contribution in [2.45, 2.75) is 5.25 Å².